The molecule has 0 N–H and O–H groups in total. The third kappa shape index (κ3) is 4.45. The van der Waals surface area contributed by atoms with Gasteiger partial charge in [0.05, 0.1) is 13.2 Å². The average molecular weight is 416 g/mol. The summed E-state index contributed by atoms with van der Waals surface area (Å²) in [4.78, 5) is 40.2. The summed E-state index contributed by atoms with van der Waals surface area (Å²) in [7, 11) is 2.98. The van der Waals surface area contributed by atoms with Crippen molar-refractivity contribution in [1.29, 1.82) is 0 Å². The number of carbonyl (C=O) groups is 3. The summed E-state index contributed by atoms with van der Waals surface area (Å²) in [5.41, 5.74) is 2.02. The number of amides is 1. The normalized spacial score (nSPS) is 12.0. The molecule has 0 saturated heterocycles. The summed E-state index contributed by atoms with van der Waals surface area (Å²) in [6.45, 7) is 9.32. The Bertz CT molecular complexity index is 978. The molecule has 1 atom stereocenters. The van der Waals surface area contributed by atoms with Crippen LogP contribution in [0.5, 0.6) is 0 Å². The molecule has 1 amide bonds. The maximum absolute atomic E-state index is 13.7. The lowest BCUT2D eigenvalue weighted by atomic mass is 9.98. The van der Waals surface area contributed by atoms with E-state index >= 15 is 0 Å². The largest absolute Gasteiger partial charge is 0.464 e. The Hall–Kier alpha value is -2.96. The van der Waals surface area contributed by atoms with Gasteiger partial charge in [-0.2, -0.15) is 0 Å². The van der Waals surface area contributed by atoms with Crippen LogP contribution in [0.2, 0.25) is 0 Å². The lowest BCUT2D eigenvalue weighted by molar-refractivity contribution is 0.0587. The minimum atomic E-state index is -0.798. The van der Waals surface area contributed by atoms with Crippen LogP contribution in [0.15, 0.2) is 24.3 Å². The number of halogens is 1. The Morgan fingerprint density at radius 2 is 1.80 bits per heavy atom. The molecule has 2 aromatic rings. The molecule has 1 heterocycles. The molecule has 0 fully saturated rings. The highest BCUT2D eigenvalue weighted by Crippen LogP contribution is 2.25. The Labute approximate surface area is 176 Å². The molecule has 2 rings (SSSR count). The molecule has 30 heavy (non-hydrogen) atoms. The van der Waals surface area contributed by atoms with Crippen molar-refractivity contribution < 1.29 is 23.5 Å². The lowest BCUT2D eigenvalue weighted by Gasteiger charge is -2.30. The van der Waals surface area contributed by atoms with Crippen molar-refractivity contribution in [3.8, 4) is 0 Å². The number of methoxy groups -OCH3 is 1. The Morgan fingerprint density at radius 3 is 2.33 bits per heavy atom. The van der Waals surface area contributed by atoms with Gasteiger partial charge in [0.1, 0.15) is 11.5 Å². The molecular weight excluding hydrogens is 387 g/mol. The Morgan fingerprint density at radius 1 is 1.17 bits per heavy atom. The first kappa shape index (κ1) is 23.3. The molecule has 7 heteroatoms. The number of ether oxygens (including phenoxy) is 1. The second-order valence-electron chi connectivity index (χ2n) is 7.89. The van der Waals surface area contributed by atoms with E-state index in [4.69, 9.17) is 4.74 Å². The number of carbonyl (C=O) groups excluding carboxylic acids is 3. The summed E-state index contributed by atoms with van der Waals surface area (Å²) in [5, 5.41) is 0. The molecule has 1 aromatic carbocycles. The van der Waals surface area contributed by atoms with Gasteiger partial charge in [-0.15, -0.1) is 0 Å². The molecule has 0 aliphatic rings. The van der Waals surface area contributed by atoms with Crippen LogP contribution < -0.4 is 0 Å². The van der Waals surface area contributed by atoms with Crippen molar-refractivity contribution in [2.75, 3.05) is 13.7 Å². The second kappa shape index (κ2) is 9.24. The fourth-order valence-electron chi connectivity index (χ4n) is 3.67. The standard InChI is InChI=1S/C23H29FN2O4/c1-13(2)12-26(22(28)17-9-8-10-18(24)11-17)16(5)21(27)19-14(3)20(23(29)30-7)25(6)15(19)4/h8-11,13,16H,12H2,1-7H3/t16-/m1/s1. The van der Waals surface area contributed by atoms with Gasteiger partial charge in [0.15, 0.2) is 5.78 Å². The van der Waals surface area contributed by atoms with E-state index < -0.39 is 23.7 Å². The second-order valence-corrected chi connectivity index (χ2v) is 7.89. The van der Waals surface area contributed by atoms with Crippen LogP contribution in [-0.4, -0.2) is 46.8 Å². The van der Waals surface area contributed by atoms with Crippen LogP contribution in [0.4, 0.5) is 4.39 Å². The third-order valence-corrected chi connectivity index (χ3v) is 5.30. The van der Waals surface area contributed by atoms with E-state index in [1.54, 1.807) is 32.4 Å². The van der Waals surface area contributed by atoms with E-state index in [2.05, 4.69) is 0 Å². The zero-order valence-corrected chi connectivity index (χ0v) is 18.6. The first-order chi connectivity index (χ1) is 14.0. The maximum Gasteiger partial charge on any atom is 0.354 e. The van der Waals surface area contributed by atoms with Gasteiger partial charge in [-0.3, -0.25) is 9.59 Å². The molecule has 6 nitrogen and oxygen atoms in total. The van der Waals surface area contributed by atoms with Crippen LogP contribution >= 0.6 is 0 Å². The SMILES string of the molecule is COC(=O)c1c(C)c(C(=O)[C@@H](C)N(CC(C)C)C(=O)c2cccc(F)c2)c(C)n1C. The summed E-state index contributed by atoms with van der Waals surface area (Å²) < 4.78 is 20.1. The first-order valence-electron chi connectivity index (χ1n) is 9.86. The summed E-state index contributed by atoms with van der Waals surface area (Å²) in [6.07, 6.45) is 0. The first-order valence-corrected chi connectivity index (χ1v) is 9.86. The number of ketones is 1. The molecule has 0 aliphatic carbocycles. The fourth-order valence-corrected chi connectivity index (χ4v) is 3.67. The van der Waals surface area contributed by atoms with Gasteiger partial charge in [0, 0.05) is 30.4 Å². The third-order valence-electron chi connectivity index (χ3n) is 5.30. The number of nitrogens with zero attached hydrogens (tertiary/aromatic N) is 2. The Kier molecular flexibility index (Phi) is 7.18. The van der Waals surface area contributed by atoms with Crippen molar-refractivity contribution in [3.05, 3.63) is 58.2 Å². The predicted octanol–water partition coefficient (Wildman–Crippen LogP) is 3.94. The molecule has 0 unspecified atom stereocenters. The van der Waals surface area contributed by atoms with Crippen molar-refractivity contribution >= 4 is 17.7 Å². The fraction of sp³-hybridized carbons (Fsp3) is 0.435. The van der Waals surface area contributed by atoms with E-state index in [1.165, 1.54) is 36.3 Å². The van der Waals surface area contributed by atoms with E-state index in [9.17, 15) is 18.8 Å². The predicted molar refractivity (Wildman–Crippen MR) is 112 cm³/mol. The molecule has 0 aliphatic heterocycles. The monoisotopic (exact) mass is 416 g/mol. The van der Waals surface area contributed by atoms with Crippen molar-refractivity contribution in [2.45, 2.75) is 40.7 Å². The van der Waals surface area contributed by atoms with Gasteiger partial charge in [0.2, 0.25) is 0 Å². The van der Waals surface area contributed by atoms with E-state index in [-0.39, 0.29) is 17.3 Å². The molecule has 0 spiro atoms. The van der Waals surface area contributed by atoms with E-state index in [1.807, 2.05) is 13.8 Å². The lowest BCUT2D eigenvalue weighted by Crippen LogP contribution is -2.45. The number of benzene rings is 1. The van der Waals surface area contributed by atoms with Gasteiger partial charge in [-0.25, -0.2) is 9.18 Å². The zero-order chi connectivity index (χ0) is 22.7. The average Bonchev–Trinajstić information content (AvgIpc) is 2.92. The number of hydrogen-bond acceptors (Lipinski definition) is 4. The van der Waals surface area contributed by atoms with Crippen molar-refractivity contribution in [1.82, 2.24) is 9.47 Å². The van der Waals surface area contributed by atoms with Gasteiger partial charge >= 0.3 is 5.97 Å². The molecule has 0 bridgehead atoms. The van der Waals surface area contributed by atoms with Crippen LogP contribution in [0, 0.1) is 25.6 Å². The zero-order valence-electron chi connectivity index (χ0n) is 18.6. The number of aromatic nitrogens is 1. The molecule has 0 saturated carbocycles. The number of hydrogen-bond donors (Lipinski definition) is 0. The Balaban J connectivity index is 2.49. The topological polar surface area (TPSA) is 68.6 Å². The van der Waals surface area contributed by atoms with Gasteiger partial charge in [-0.1, -0.05) is 19.9 Å². The van der Waals surface area contributed by atoms with Gasteiger partial charge in [-0.05, 0) is 50.5 Å². The number of Topliss-reactive ketones (excluding diaryl/α,β-unsaturated/α-hetero) is 1. The highest BCUT2D eigenvalue weighted by molar-refractivity contribution is 6.07. The highest BCUT2D eigenvalue weighted by Gasteiger charge is 2.33. The van der Waals surface area contributed by atoms with Crippen LogP contribution in [-0.2, 0) is 11.8 Å². The van der Waals surface area contributed by atoms with Gasteiger partial charge in [0.25, 0.3) is 5.91 Å². The van der Waals surface area contributed by atoms with Crippen molar-refractivity contribution in [3.63, 3.8) is 0 Å². The quantitative estimate of drug-likeness (QED) is 0.506. The van der Waals surface area contributed by atoms with Crippen LogP contribution in [0.1, 0.15) is 63.2 Å². The molecular formula is C23H29FN2O4. The highest BCUT2D eigenvalue weighted by atomic mass is 19.1. The van der Waals surface area contributed by atoms with Crippen LogP contribution in [0.25, 0.3) is 0 Å². The minimum Gasteiger partial charge on any atom is -0.464 e. The smallest absolute Gasteiger partial charge is 0.354 e. The molecule has 0 radical (unpaired) electrons. The van der Waals surface area contributed by atoms with Crippen molar-refractivity contribution in [2.24, 2.45) is 13.0 Å². The minimum absolute atomic E-state index is 0.0985. The molecule has 1 aromatic heterocycles. The van der Waals surface area contributed by atoms with Gasteiger partial charge < -0.3 is 14.2 Å². The summed E-state index contributed by atoms with van der Waals surface area (Å²) in [6, 6.07) is 4.64. The number of rotatable bonds is 7. The summed E-state index contributed by atoms with van der Waals surface area (Å²) >= 11 is 0. The number of esters is 1. The van der Waals surface area contributed by atoms with E-state index in [0.717, 1.165) is 0 Å². The molecule has 162 valence electrons. The summed E-state index contributed by atoms with van der Waals surface area (Å²) in [5.74, 6) is -1.63. The van der Waals surface area contributed by atoms with E-state index in [0.29, 0.717) is 29.1 Å². The maximum atomic E-state index is 13.7. The van der Waals surface area contributed by atoms with Crippen LogP contribution in [0.3, 0.4) is 0 Å².